The van der Waals surface area contributed by atoms with Gasteiger partial charge in [0.2, 0.25) is 5.89 Å². The van der Waals surface area contributed by atoms with Crippen LogP contribution in [0.2, 0.25) is 0 Å². The van der Waals surface area contributed by atoms with Gasteiger partial charge in [0.1, 0.15) is 0 Å². The summed E-state index contributed by atoms with van der Waals surface area (Å²) in [6, 6.07) is 0.537. The maximum absolute atomic E-state index is 5.45. The van der Waals surface area contributed by atoms with Crippen molar-refractivity contribution in [3.05, 3.63) is 5.89 Å². The van der Waals surface area contributed by atoms with Gasteiger partial charge in [0.15, 0.2) is 0 Å². The minimum absolute atomic E-state index is 0.0669. The number of methoxy groups -OCH3 is 1. The zero-order valence-corrected chi connectivity index (χ0v) is 11.9. The molecule has 0 spiro atoms. The third kappa shape index (κ3) is 6.51. The number of ether oxygens (including phenoxy) is 2. The molecule has 2 N–H and O–H groups in total. The Bertz CT molecular complexity index is 333. The molecule has 0 amide bonds. The van der Waals surface area contributed by atoms with E-state index in [4.69, 9.17) is 13.9 Å². The molecule has 1 unspecified atom stereocenters. The van der Waals surface area contributed by atoms with Gasteiger partial charge in [-0.1, -0.05) is 5.10 Å². The Morgan fingerprint density at radius 1 is 1.21 bits per heavy atom. The second-order valence-corrected chi connectivity index (χ2v) is 4.19. The molecule has 110 valence electrons. The van der Waals surface area contributed by atoms with Crippen LogP contribution in [0.5, 0.6) is 0 Å². The topological polar surface area (TPSA) is 81.4 Å². The van der Waals surface area contributed by atoms with Gasteiger partial charge in [-0.3, -0.25) is 0 Å². The molecule has 7 nitrogen and oxygen atoms in total. The van der Waals surface area contributed by atoms with Crippen LogP contribution in [0.1, 0.15) is 31.7 Å². The average Bonchev–Trinajstić information content (AvgIpc) is 2.89. The maximum atomic E-state index is 5.45. The Hall–Kier alpha value is -1.18. The van der Waals surface area contributed by atoms with E-state index in [0.29, 0.717) is 25.1 Å². The molecule has 0 aliphatic carbocycles. The predicted octanol–water partition coefficient (Wildman–Crippen LogP) is 1.21. The van der Waals surface area contributed by atoms with Gasteiger partial charge < -0.3 is 24.5 Å². The Labute approximate surface area is 114 Å². The normalized spacial score (nSPS) is 12.6. The zero-order chi connectivity index (χ0) is 13.9. The molecule has 1 atom stereocenters. The van der Waals surface area contributed by atoms with E-state index in [1.807, 2.05) is 14.0 Å². The van der Waals surface area contributed by atoms with E-state index >= 15 is 0 Å². The van der Waals surface area contributed by atoms with Crippen LogP contribution in [0.3, 0.4) is 0 Å². The molecule has 1 aromatic rings. The van der Waals surface area contributed by atoms with Crippen molar-refractivity contribution in [3.8, 4) is 0 Å². The quantitative estimate of drug-likeness (QED) is 0.586. The Balaban J connectivity index is 2.04. The third-order valence-electron chi connectivity index (χ3n) is 2.67. The Morgan fingerprint density at radius 3 is 2.79 bits per heavy atom. The smallest absolute Gasteiger partial charge is 0.315 e. The molecule has 0 aliphatic heterocycles. The van der Waals surface area contributed by atoms with E-state index in [-0.39, 0.29) is 6.04 Å². The first-order valence-electron chi connectivity index (χ1n) is 6.59. The van der Waals surface area contributed by atoms with E-state index in [0.717, 1.165) is 26.0 Å². The average molecular weight is 272 g/mol. The Morgan fingerprint density at radius 2 is 2.05 bits per heavy atom. The van der Waals surface area contributed by atoms with Gasteiger partial charge in [0.25, 0.3) is 0 Å². The van der Waals surface area contributed by atoms with Crippen molar-refractivity contribution in [3.63, 3.8) is 0 Å². The van der Waals surface area contributed by atoms with Crippen LogP contribution < -0.4 is 10.6 Å². The molecule has 0 saturated carbocycles. The van der Waals surface area contributed by atoms with Crippen molar-refractivity contribution < 1.29 is 13.9 Å². The van der Waals surface area contributed by atoms with Crippen molar-refractivity contribution in [2.24, 2.45) is 0 Å². The minimum Gasteiger partial charge on any atom is -0.406 e. The van der Waals surface area contributed by atoms with Gasteiger partial charge in [0, 0.05) is 20.3 Å². The SMILES string of the molecule is CNC(C)c1nnc(NCCCCOCCOC)o1. The molecule has 19 heavy (non-hydrogen) atoms. The summed E-state index contributed by atoms with van der Waals surface area (Å²) in [7, 11) is 3.52. The summed E-state index contributed by atoms with van der Waals surface area (Å²) >= 11 is 0. The largest absolute Gasteiger partial charge is 0.406 e. The van der Waals surface area contributed by atoms with Crippen molar-refractivity contribution in [1.29, 1.82) is 0 Å². The molecule has 0 bridgehead atoms. The number of hydrogen-bond donors (Lipinski definition) is 2. The van der Waals surface area contributed by atoms with Crippen LogP contribution in [-0.4, -0.2) is 50.7 Å². The first-order chi connectivity index (χ1) is 9.27. The third-order valence-corrected chi connectivity index (χ3v) is 2.67. The lowest BCUT2D eigenvalue weighted by Crippen LogP contribution is -2.12. The summed E-state index contributed by atoms with van der Waals surface area (Å²) in [5.74, 6) is 0.591. The van der Waals surface area contributed by atoms with Gasteiger partial charge in [0.05, 0.1) is 19.3 Å². The van der Waals surface area contributed by atoms with Crippen LogP contribution in [0.15, 0.2) is 4.42 Å². The first kappa shape index (κ1) is 15.9. The van der Waals surface area contributed by atoms with Gasteiger partial charge in [-0.2, -0.15) is 0 Å². The molecule has 1 rings (SSSR count). The summed E-state index contributed by atoms with van der Waals surface area (Å²) in [6.45, 7) is 4.81. The van der Waals surface area contributed by atoms with E-state index in [1.165, 1.54) is 0 Å². The van der Waals surface area contributed by atoms with Gasteiger partial charge in [-0.05, 0) is 26.8 Å². The molecule has 1 heterocycles. The first-order valence-corrected chi connectivity index (χ1v) is 6.59. The van der Waals surface area contributed by atoms with E-state index in [9.17, 15) is 0 Å². The van der Waals surface area contributed by atoms with Gasteiger partial charge >= 0.3 is 6.01 Å². The minimum atomic E-state index is 0.0669. The summed E-state index contributed by atoms with van der Waals surface area (Å²) in [4.78, 5) is 0. The molecule has 7 heteroatoms. The van der Waals surface area contributed by atoms with Gasteiger partial charge in [-0.25, -0.2) is 0 Å². The second-order valence-electron chi connectivity index (χ2n) is 4.19. The molecule has 0 saturated heterocycles. The Kier molecular flexibility index (Phi) is 8.11. The summed E-state index contributed by atoms with van der Waals surface area (Å²) < 4.78 is 15.7. The highest BCUT2D eigenvalue weighted by molar-refractivity contribution is 5.16. The summed E-state index contributed by atoms with van der Waals surface area (Å²) in [5, 5.41) is 14.0. The van der Waals surface area contributed by atoms with Crippen molar-refractivity contribution >= 4 is 6.01 Å². The van der Waals surface area contributed by atoms with Crippen molar-refractivity contribution in [1.82, 2.24) is 15.5 Å². The van der Waals surface area contributed by atoms with E-state index in [1.54, 1.807) is 7.11 Å². The lowest BCUT2D eigenvalue weighted by Gasteiger charge is -2.04. The molecule has 0 fully saturated rings. The lowest BCUT2D eigenvalue weighted by atomic mass is 10.3. The maximum Gasteiger partial charge on any atom is 0.315 e. The summed E-state index contributed by atoms with van der Waals surface area (Å²) in [6.07, 6.45) is 1.98. The fraction of sp³-hybridized carbons (Fsp3) is 0.833. The van der Waals surface area contributed by atoms with E-state index < -0.39 is 0 Å². The van der Waals surface area contributed by atoms with Crippen LogP contribution in [-0.2, 0) is 9.47 Å². The fourth-order valence-electron chi connectivity index (χ4n) is 1.37. The highest BCUT2D eigenvalue weighted by Gasteiger charge is 2.10. The number of aromatic nitrogens is 2. The lowest BCUT2D eigenvalue weighted by molar-refractivity contribution is 0.0691. The molecule has 0 aliphatic rings. The summed E-state index contributed by atoms with van der Waals surface area (Å²) in [5.41, 5.74) is 0. The molecular weight excluding hydrogens is 248 g/mol. The van der Waals surface area contributed by atoms with Gasteiger partial charge in [-0.15, -0.1) is 5.10 Å². The monoisotopic (exact) mass is 272 g/mol. The highest BCUT2D eigenvalue weighted by Crippen LogP contribution is 2.12. The molecule has 1 aromatic heterocycles. The number of anilines is 1. The molecule has 0 radical (unpaired) electrons. The van der Waals surface area contributed by atoms with Crippen molar-refractivity contribution in [2.75, 3.05) is 45.8 Å². The standard InChI is InChI=1S/C12H24N4O3/c1-10(13-2)11-15-16-12(19-11)14-6-4-5-7-18-9-8-17-3/h10,13H,4-9H2,1-3H3,(H,14,16). The second kappa shape index (κ2) is 9.71. The predicted molar refractivity (Wildman–Crippen MR) is 72.2 cm³/mol. The number of nitrogens with zero attached hydrogens (tertiary/aromatic N) is 2. The fourth-order valence-corrected chi connectivity index (χ4v) is 1.37. The van der Waals surface area contributed by atoms with Crippen LogP contribution in [0.4, 0.5) is 6.01 Å². The van der Waals surface area contributed by atoms with Crippen LogP contribution in [0, 0.1) is 0 Å². The molecular formula is C12H24N4O3. The number of nitrogens with one attached hydrogen (secondary N) is 2. The van der Waals surface area contributed by atoms with E-state index in [2.05, 4.69) is 20.8 Å². The zero-order valence-electron chi connectivity index (χ0n) is 11.9. The van der Waals surface area contributed by atoms with Crippen molar-refractivity contribution in [2.45, 2.75) is 25.8 Å². The number of unbranched alkanes of at least 4 members (excludes halogenated alkanes) is 1. The molecule has 0 aromatic carbocycles. The number of hydrogen-bond acceptors (Lipinski definition) is 7. The number of rotatable bonds is 11. The highest BCUT2D eigenvalue weighted by atomic mass is 16.5. The van der Waals surface area contributed by atoms with Crippen LogP contribution >= 0.6 is 0 Å². The van der Waals surface area contributed by atoms with Crippen LogP contribution in [0.25, 0.3) is 0 Å².